The minimum Gasteiger partial charge on any atom is -0.404 e. The van der Waals surface area contributed by atoms with E-state index in [2.05, 4.69) is 15.2 Å². The summed E-state index contributed by atoms with van der Waals surface area (Å²) in [4.78, 5) is 0. The van der Waals surface area contributed by atoms with Gasteiger partial charge in [0, 0.05) is 25.4 Å². The number of benzene rings is 1. The van der Waals surface area contributed by atoms with Crippen LogP contribution in [0.5, 0.6) is 5.75 Å². The molecule has 1 N–H and O–H groups in total. The Labute approximate surface area is 120 Å². The summed E-state index contributed by atoms with van der Waals surface area (Å²) >= 11 is 0. The van der Waals surface area contributed by atoms with Crippen molar-refractivity contribution in [3.63, 3.8) is 0 Å². The van der Waals surface area contributed by atoms with E-state index in [1.54, 1.807) is 16.8 Å². The van der Waals surface area contributed by atoms with E-state index < -0.39 is 6.36 Å². The first-order valence-corrected chi connectivity index (χ1v) is 6.49. The fourth-order valence-electron chi connectivity index (χ4n) is 2.05. The highest BCUT2D eigenvalue weighted by molar-refractivity contribution is 5.56. The van der Waals surface area contributed by atoms with Crippen molar-refractivity contribution in [1.29, 1.82) is 0 Å². The van der Waals surface area contributed by atoms with E-state index >= 15 is 0 Å². The second-order valence-electron chi connectivity index (χ2n) is 4.53. The van der Waals surface area contributed by atoms with Crippen molar-refractivity contribution in [3.8, 4) is 5.75 Å². The highest BCUT2D eigenvalue weighted by Gasteiger charge is 2.32. The molecule has 1 aromatic carbocycles. The topological polar surface area (TPSA) is 39.1 Å². The number of rotatable bonds is 5. The lowest BCUT2D eigenvalue weighted by atomic mass is 10.2. The Hall–Kier alpha value is -2.18. The van der Waals surface area contributed by atoms with Crippen LogP contribution in [0.4, 0.5) is 18.9 Å². The van der Waals surface area contributed by atoms with Gasteiger partial charge in [0.2, 0.25) is 0 Å². The first-order chi connectivity index (χ1) is 9.89. The summed E-state index contributed by atoms with van der Waals surface area (Å²) in [5.74, 6) is -0.244. The maximum Gasteiger partial charge on any atom is 0.573 e. The summed E-state index contributed by atoms with van der Waals surface area (Å²) in [5.41, 5.74) is 2.15. The molecule has 2 rings (SSSR count). The van der Waals surface area contributed by atoms with Gasteiger partial charge in [0.25, 0.3) is 0 Å². The van der Waals surface area contributed by atoms with Gasteiger partial charge in [-0.2, -0.15) is 5.10 Å². The van der Waals surface area contributed by atoms with E-state index in [1.165, 1.54) is 12.1 Å². The van der Waals surface area contributed by atoms with Gasteiger partial charge in [-0.3, -0.25) is 4.68 Å². The lowest BCUT2D eigenvalue weighted by Gasteiger charge is -2.14. The summed E-state index contributed by atoms with van der Waals surface area (Å²) in [5, 5.41) is 7.25. The van der Waals surface area contributed by atoms with Crippen LogP contribution in [-0.2, 0) is 20.0 Å². The zero-order chi connectivity index (χ0) is 15.5. The van der Waals surface area contributed by atoms with E-state index in [1.807, 2.05) is 20.2 Å². The van der Waals surface area contributed by atoms with E-state index in [4.69, 9.17) is 0 Å². The molecule has 0 fully saturated rings. The monoisotopic (exact) mass is 299 g/mol. The second kappa shape index (κ2) is 6.07. The molecule has 4 nitrogen and oxygen atoms in total. The molecule has 0 aliphatic rings. The third-order valence-corrected chi connectivity index (χ3v) is 2.91. The molecule has 0 spiro atoms. The molecule has 0 amide bonds. The molecule has 0 unspecified atom stereocenters. The zero-order valence-electron chi connectivity index (χ0n) is 11.7. The molecule has 7 heteroatoms. The molecule has 114 valence electrons. The summed E-state index contributed by atoms with van der Waals surface area (Å²) in [7, 11) is 1.81. The van der Waals surface area contributed by atoms with Crippen molar-refractivity contribution in [2.24, 2.45) is 7.05 Å². The van der Waals surface area contributed by atoms with E-state index in [0.29, 0.717) is 12.2 Å². The van der Waals surface area contributed by atoms with Crippen LogP contribution >= 0.6 is 0 Å². The molecule has 0 atom stereocenters. The zero-order valence-corrected chi connectivity index (χ0v) is 11.7. The Kier molecular flexibility index (Phi) is 4.40. The van der Waals surface area contributed by atoms with Crippen LogP contribution in [0.3, 0.4) is 0 Å². The van der Waals surface area contributed by atoms with Gasteiger partial charge in [-0.25, -0.2) is 0 Å². The number of ether oxygens (including phenoxy) is 1. The van der Waals surface area contributed by atoms with Gasteiger partial charge < -0.3 is 10.1 Å². The van der Waals surface area contributed by atoms with Crippen molar-refractivity contribution in [2.75, 3.05) is 5.32 Å². The van der Waals surface area contributed by atoms with E-state index in [-0.39, 0.29) is 5.75 Å². The molecule has 0 aliphatic heterocycles. The first kappa shape index (κ1) is 15.2. The first-order valence-electron chi connectivity index (χ1n) is 6.49. The number of halogens is 3. The maximum atomic E-state index is 12.3. The normalized spacial score (nSPS) is 11.5. The van der Waals surface area contributed by atoms with Crippen LogP contribution in [0.15, 0.2) is 30.5 Å². The Morgan fingerprint density at radius 1 is 1.29 bits per heavy atom. The van der Waals surface area contributed by atoms with Crippen LogP contribution in [-0.4, -0.2) is 16.1 Å². The molecule has 0 aliphatic carbocycles. The Bertz CT molecular complexity index is 608. The molecule has 1 aromatic heterocycles. The number of para-hydroxylation sites is 2. The Balaban J connectivity index is 2.13. The van der Waals surface area contributed by atoms with Crippen molar-refractivity contribution >= 4 is 5.69 Å². The minimum atomic E-state index is -4.71. The maximum absolute atomic E-state index is 12.3. The number of hydrogen-bond acceptors (Lipinski definition) is 3. The molecule has 2 aromatic rings. The summed E-state index contributed by atoms with van der Waals surface area (Å²) in [6.45, 7) is 2.36. The number of hydrogen-bond donors (Lipinski definition) is 1. The smallest absolute Gasteiger partial charge is 0.404 e. The average Bonchev–Trinajstić information content (AvgIpc) is 2.76. The third kappa shape index (κ3) is 4.14. The van der Waals surface area contributed by atoms with Crippen molar-refractivity contribution in [3.05, 3.63) is 41.7 Å². The lowest BCUT2D eigenvalue weighted by molar-refractivity contribution is -0.274. The van der Waals surface area contributed by atoms with Gasteiger partial charge in [-0.15, -0.1) is 13.2 Å². The molecule has 0 bridgehead atoms. The SMILES string of the molecule is CCc1nn(C)cc1CNc1ccccc1OC(F)(F)F. The molecular formula is C14H16F3N3O. The number of nitrogens with zero attached hydrogens (tertiary/aromatic N) is 2. The number of aromatic nitrogens is 2. The van der Waals surface area contributed by atoms with Gasteiger partial charge in [0.15, 0.2) is 5.75 Å². The molecule has 0 saturated carbocycles. The van der Waals surface area contributed by atoms with Crippen molar-refractivity contribution < 1.29 is 17.9 Å². The Morgan fingerprint density at radius 3 is 2.67 bits per heavy atom. The third-order valence-electron chi connectivity index (χ3n) is 2.91. The number of nitrogens with one attached hydrogen (secondary N) is 1. The van der Waals surface area contributed by atoms with Crippen LogP contribution in [0.1, 0.15) is 18.2 Å². The van der Waals surface area contributed by atoms with Crippen molar-refractivity contribution in [1.82, 2.24) is 9.78 Å². The fourth-order valence-corrected chi connectivity index (χ4v) is 2.05. The van der Waals surface area contributed by atoms with Gasteiger partial charge in [0.05, 0.1) is 11.4 Å². The summed E-state index contributed by atoms with van der Waals surface area (Å²) < 4.78 is 42.7. The fraction of sp³-hybridized carbons (Fsp3) is 0.357. The predicted octanol–water partition coefficient (Wildman–Crippen LogP) is 3.49. The summed E-state index contributed by atoms with van der Waals surface area (Å²) in [6.07, 6.45) is -2.10. The molecule has 1 heterocycles. The minimum absolute atomic E-state index is 0.244. The quantitative estimate of drug-likeness (QED) is 0.918. The van der Waals surface area contributed by atoms with Crippen LogP contribution in [0, 0.1) is 0 Å². The predicted molar refractivity (Wildman–Crippen MR) is 73.0 cm³/mol. The van der Waals surface area contributed by atoms with Crippen LogP contribution in [0.25, 0.3) is 0 Å². The molecule has 0 saturated heterocycles. The molecule has 0 radical (unpaired) electrons. The molecular weight excluding hydrogens is 283 g/mol. The Morgan fingerprint density at radius 2 is 2.00 bits per heavy atom. The second-order valence-corrected chi connectivity index (χ2v) is 4.53. The summed E-state index contributed by atoms with van der Waals surface area (Å²) in [6, 6.07) is 5.96. The number of aryl methyl sites for hydroxylation is 2. The van der Waals surface area contributed by atoms with Crippen LogP contribution < -0.4 is 10.1 Å². The van der Waals surface area contributed by atoms with E-state index in [0.717, 1.165) is 17.7 Å². The molecule has 21 heavy (non-hydrogen) atoms. The standard InChI is InChI=1S/C14H16F3N3O/c1-3-11-10(9-20(2)19-11)8-18-12-6-4-5-7-13(12)21-14(15,16)17/h4-7,9,18H,3,8H2,1-2H3. The number of anilines is 1. The lowest BCUT2D eigenvalue weighted by Crippen LogP contribution is -2.18. The van der Waals surface area contributed by atoms with Gasteiger partial charge in [-0.05, 0) is 18.6 Å². The number of alkyl halides is 3. The van der Waals surface area contributed by atoms with Gasteiger partial charge in [0.1, 0.15) is 0 Å². The van der Waals surface area contributed by atoms with Crippen molar-refractivity contribution in [2.45, 2.75) is 26.3 Å². The highest BCUT2D eigenvalue weighted by atomic mass is 19.4. The van der Waals surface area contributed by atoms with E-state index in [9.17, 15) is 13.2 Å². The largest absolute Gasteiger partial charge is 0.573 e. The van der Waals surface area contributed by atoms with Crippen LogP contribution in [0.2, 0.25) is 0 Å². The van der Waals surface area contributed by atoms with Gasteiger partial charge >= 0.3 is 6.36 Å². The van der Waals surface area contributed by atoms with Gasteiger partial charge in [-0.1, -0.05) is 19.1 Å². The average molecular weight is 299 g/mol. The highest BCUT2D eigenvalue weighted by Crippen LogP contribution is 2.30.